The molecule has 1 saturated heterocycles. The summed E-state index contributed by atoms with van der Waals surface area (Å²) in [5, 5.41) is 16.5. The number of hydrogen-bond donors (Lipinski definition) is 2. The van der Waals surface area contributed by atoms with E-state index < -0.39 is 0 Å². The minimum absolute atomic E-state index is 0.0524. The number of nitriles is 1. The average molecular weight is 303 g/mol. The summed E-state index contributed by atoms with van der Waals surface area (Å²) in [4.78, 5) is 13.5. The van der Waals surface area contributed by atoms with Crippen molar-refractivity contribution in [3.8, 4) is 6.07 Å². The summed E-state index contributed by atoms with van der Waals surface area (Å²) in [5.74, 6) is 0.491. The number of fused-ring (bicyclic) bond motifs is 1. The Bertz CT molecular complexity index is 567. The van der Waals surface area contributed by atoms with E-state index >= 15 is 0 Å². The van der Waals surface area contributed by atoms with E-state index in [1.54, 1.807) is 11.3 Å². The lowest BCUT2D eigenvalue weighted by Crippen LogP contribution is -2.18. The summed E-state index contributed by atoms with van der Waals surface area (Å²) >= 11 is 1.62. The van der Waals surface area contributed by atoms with Gasteiger partial charge in [-0.3, -0.25) is 4.79 Å². The van der Waals surface area contributed by atoms with Gasteiger partial charge in [-0.15, -0.1) is 11.3 Å². The van der Waals surface area contributed by atoms with E-state index in [1.165, 1.54) is 23.3 Å². The number of carbonyl (C=O) groups excluding carboxylic acids is 1. The smallest absolute Gasteiger partial charge is 0.225 e. The Labute approximate surface area is 129 Å². The lowest BCUT2D eigenvalue weighted by atomic mass is 10.0. The molecule has 1 unspecified atom stereocenters. The Kier molecular flexibility index (Phi) is 4.57. The first-order valence-electron chi connectivity index (χ1n) is 7.83. The summed E-state index contributed by atoms with van der Waals surface area (Å²) in [7, 11) is 0. The molecule has 3 rings (SSSR count). The van der Waals surface area contributed by atoms with Gasteiger partial charge in [0.25, 0.3) is 0 Å². The number of thiophene rings is 1. The van der Waals surface area contributed by atoms with Crippen LogP contribution in [0, 0.1) is 17.2 Å². The Morgan fingerprint density at radius 2 is 2.24 bits per heavy atom. The minimum Gasteiger partial charge on any atom is -0.317 e. The van der Waals surface area contributed by atoms with Crippen molar-refractivity contribution in [1.29, 1.82) is 5.26 Å². The van der Waals surface area contributed by atoms with Crippen LogP contribution in [0.15, 0.2) is 0 Å². The number of anilines is 1. The van der Waals surface area contributed by atoms with E-state index in [-0.39, 0.29) is 5.91 Å². The molecule has 112 valence electrons. The normalized spacial score (nSPS) is 21.4. The second kappa shape index (κ2) is 6.59. The average Bonchev–Trinajstić information content (AvgIpc) is 3.01. The molecule has 1 aromatic heterocycles. The van der Waals surface area contributed by atoms with Gasteiger partial charge in [0.1, 0.15) is 11.1 Å². The molecule has 1 fully saturated rings. The van der Waals surface area contributed by atoms with Crippen molar-refractivity contribution >= 4 is 22.2 Å². The van der Waals surface area contributed by atoms with Crippen molar-refractivity contribution in [2.24, 2.45) is 5.92 Å². The van der Waals surface area contributed by atoms with Crippen molar-refractivity contribution in [3.05, 3.63) is 16.0 Å². The molecule has 0 aromatic carbocycles. The minimum atomic E-state index is 0.0524. The molecule has 0 radical (unpaired) electrons. The van der Waals surface area contributed by atoms with E-state index in [9.17, 15) is 10.1 Å². The van der Waals surface area contributed by atoms with Crippen LogP contribution >= 0.6 is 11.3 Å². The van der Waals surface area contributed by atoms with Gasteiger partial charge in [0.05, 0.1) is 5.56 Å². The third-order valence-corrected chi connectivity index (χ3v) is 5.63. The molecule has 2 N–H and O–H groups in total. The molecule has 5 heteroatoms. The van der Waals surface area contributed by atoms with Crippen LogP contribution in [-0.2, 0) is 17.6 Å². The molecule has 2 heterocycles. The highest BCUT2D eigenvalue weighted by atomic mass is 32.1. The maximum Gasteiger partial charge on any atom is 0.225 e. The summed E-state index contributed by atoms with van der Waals surface area (Å²) < 4.78 is 0. The Morgan fingerprint density at radius 3 is 3.00 bits per heavy atom. The van der Waals surface area contributed by atoms with Crippen LogP contribution in [0.4, 0.5) is 5.00 Å². The maximum absolute atomic E-state index is 12.2. The lowest BCUT2D eigenvalue weighted by molar-refractivity contribution is -0.116. The first-order valence-corrected chi connectivity index (χ1v) is 8.64. The van der Waals surface area contributed by atoms with Gasteiger partial charge in [0.15, 0.2) is 0 Å². The molecular formula is C16H21N3OS. The summed E-state index contributed by atoms with van der Waals surface area (Å²) in [6.45, 7) is 1.94. The number of carbonyl (C=O) groups is 1. The van der Waals surface area contributed by atoms with Crippen LogP contribution in [0.2, 0.25) is 0 Å². The number of rotatable bonds is 3. The monoisotopic (exact) mass is 303 g/mol. The van der Waals surface area contributed by atoms with Crippen LogP contribution in [0.25, 0.3) is 0 Å². The van der Waals surface area contributed by atoms with Gasteiger partial charge >= 0.3 is 0 Å². The van der Waals surface area contributed by atoms with Crippen LogP contribution < -0.4 is 10.6 Å². The Morgan fingerprint density at radius 1 is 1.38 bits per heavy atom. The highest BCUT2D eigenvalue weighted by Gasteiger charge is 2.23. The highest BCUT2D eigenvalue weighted by Crippen LogP contribution is 2.37. The third-order valence-electron chi connectivity index (χ3n) is 4.42. The Balaban J connectivity index is 1.72. The topological polar surface area (TPSA) is 64.9 Å². The summed E-state index contributed by atoms with van der Waals surface area (Å²) in [6.07, 6.45) is 7.25. The van der Waals surface area contributed by atoms with Crippen molar-refractivity contribution in [2.75, 3.05) is 18.4 Å². The van der Waals surface area contributed by atoms with Crippen LogP contribution in [0.5, 0.6) is 0 Å². The fourth-order valence-corrected chi connectivity index (χ4v) is 4.53. The van der Waals surface area contributed by atoms with Crippen molar-refractivity contribution in [2.45, 2.75) is 44.9 Å². The zero-order chi connectivity index (χ0) is 14.7. The lowest BCUT2D eigenvalue weighted by Gasteiger charge is -2.08. The standard InChI is InChI=1S/C16H21N3OS/c17-9-13-12-4-2-1-3-5-14(12)21-16(13)19-15(20)8-11-6-7-18-10-11/h11,18H,1-8,10H2,(H,19,20). The maximum atomic E-state index is 12.2. The molecule has 0 spiro atoms. The highest BCUT2D eigenvalue weighted by molar-refractivity contribution is 7.16. The second-order valence-corrected chi connectivity index (χ2v) is 7.10. The van der Waals surface area contributed by atoms with E-state index in [0.717, 1.165) is 49.3 Å². The van der Waals surface area contributed by atoms with Gasteiger partial charge in [0, 0.05) is 11.3 Å². The molecule has 1 atom stereocenters. The summed E-state index contributed by atoms with van der Waals surface area (Å²) in [6, 6.07) is 2.31. The first-order chi connectivity index (χ1) is 10.3. The van der Waals surface area contributed by atoms with E-state index in [0.29, 0.717) is 12.3 Å². The van der Waals surface area contributed by atoms with Crippen LogP contribution in [0.1, 0.15) is 48.1 Å². The van der Waals surface area contributed by atoms with Crippen LogP contribution in [-0.4, -0.2) is 19.0 Å². The zero-order valence-electron chi connectivity index (χ0n) is 12.2. The van der Waals surface area contributed by atoms with Gasteiger partial charge < -0.3 is 10.6 Å². The number of nitrogens with zero attached hydrogens (tertiary/aromatic N) is 1. The molecule has 2 aliphatic rings. The quantitative estimate of drug-likeness (QED) is 0.844. The molecule has 4 nitrogen and oxygen atoms in total. The zero-order valence-corrected chi connectivity index (χ0v) is 13.0. The van der Waals surface area contributed by atoms with Gasteiger partial charge in [-0.25, -0.2) is 0 Å². The second-order valence-electron chi connectivity index (χ2n) is 5.99. The molecular weight excluding hydrogens is 282 g/mol. The number of aryl methyl sites for hydroxylation is 1. The van der Waals surface area contributed by atoms with Gasteiger partial charge in [-0.1, -0.05) is 6.42 Å². The number of nitrogens with one attached hydrogen (secondary N) is 2. The first kappa shape index (κ1) is 14.6. The van der Waals surface area contributed by atoms with Crippen molar-refractivity contribution in [1.82, 2.24) is 5.32 Å². The molecule has 1 aliphatic carbocycles. The van der Waals surface area contributed by atoms with Gasteiger partial charge in [0.2, 0.25) is 5.91 Å². The predicted molar refractivity (Wildman–Crippen MR) is 84.5 cm³/mol. The number of amides is 1. The molecule has 1 amide bonds. The van der Waals surface area contributed by atoms with Crippen LogP contribution in [0.3, 0.4) is 0 Å². The fourth-order valence-electron chi connectivity index (χ4n) is 3.28. The molecule has 1 aromatic rings. The molecule has 1 aliphatic heterocycles. The van der Waals surface area contributed by atoms with Crippen molar-refractivity contribution < 1.29 is 4.79 Å². The molecule has 21 heavy (non-hydrogen) atoms. The SMILES string of the molecule is N#Cc1c(NC(=O)CC2CCNC2)sc2c1CCCCC2. The summed E-state index contributed by atoms with van der Waals surface area (Å²) in [5.41, 5.74) is 1.91. The molecule has 0 saturated carbocycles. The predicted octanol–water partition coefficient (Wildman–Crippen LogP) is 2.83. The van der Waals surface area contributed by atoms with Gasteiger partial charge in [-0.05, 0) is 56.7 Å². The van der Waals surface area contributed by atoms with Gasteiger partial charge in [-0.2, -0.15) is 5.26 Å². The third kappa shape index (κ3) is 3.28. The number of hydrogen-bond acceptors (Lipinski definition) is 4. The largest absolute Gasteiger partial charge is 0.317 e. The Hall–Kier alpha value is -1.38. The van der Waals surface area contributed by atoms with Crippen molar-refractivity contribution in [3.63, 3.8) is 0 Å². The van der Waals surface area contributed by atoms with E-state index in [4.69, 9.17) is 0 Å². The molecule has 0 bridgehead atoms. The van der Waals surface area contributed by atoms with E-state index in [2.05, 4.69) is 16.7 Å². The van der Waals surface area contributed by atoms with E-state index in [1.807, 2.05) is 0 Å². The fraction of sp³-hybridized carbons (Fsp3) is 0.625.